The van der Waals surface area contributed by atoms with Crippen molar-refractivity contribution in [2.75, 3.05) is 18.9 Å². The lowest BCUT2D eigenvalue weighted by atomic mass is 9.87. The molecule has 6 heteroatoms. The number of nitriles is 1. The van der Waals surface area contributed by atoms with Gasteiger partial charge in [0.1, 0.15) is 6.10 Å². The molecule has 0 aliphatic carbocycles. The summed E-state index contributed by atoms with van der Waals surface area (Å²) in [6.07, 6.45) is 1.87. The maximum Gasteiger partial charge on any atom is 0.306 e. The van der Waals surface area contributed by atoms with E-state index in [0.29, 0.717) is 36.8 Å². The first-order chi connectivity index (χ1) is 11.0. The van der Waals surface area contributed by atoms with E-state index >= 15 is 0 Å². The summed E-state index contributed by atoms with van der Waals surface area (Å²) in [6, 6.07) is 6.00. The third-order valence-corrected chi connectivity index (χ3v) is 4.35. The van der Waals surface area contributed by atoms with Crippen LogP contribution in [-0.2, 0) is 20.7 Å². The number of nitrogens with zero attached hydrogens (tertiary/aromatic N) is 1. The Bertz CT molecular complexity index is 613. The zero-order chi connectivity index (χ0) is 16.8. The van der Waals surface area contributed by atoms with Gasteiger partial charge in [-0.05, 0) is 49.3 Å². The minimum absolute atomic E-state index is 0.216. The predicted molar refractivity (Wildman–Crippen MR) is 88.1 cm³/mol. The van der Waals surface area contributed by atoms with Gasteiger partial charge in [0.2, 0.25) is 0 Å². The van der Waals surface area contributed by atoms with Crippen molar-refractivity contribution in [1.29, 1.82) is 5.26 Å². The molecule has 2 N–H and O–H groups in total. The third-order valence-electron chi connectivity index (χ3n) is 4.04. The highest BCUT2D eigenvalue weighted by molar-refractivity contribution is 6.33. The number of anilines is 1. The van der Waals surface area contributed by atoms with E-state index in [1.807, 2.05) is 12.1 Å². The van der Waals surface area contributed by atoms with Crippen molar-refractivity contribution < 1.29 is 14.3 Å². The summed E-state index contributed by atoms with van der Waals surface area (Å²) < 4.78 is 10.3. The van der Waals surface area contributed by atoms with Crippen LogP contribution in [-0.4, -0.2) is 25.3 Å². The molecule has 2 rings (SSSR count). The number of nitrogen functional groups attached to an aromatic ring is 1. The number of rotatable bonds is 5. The number of nitrogens with two attached hydrogens (primary N) is 1. The highest BCUT2D eigenvalue weighted by Gasteiger charge is 2.24. The van der Waals surface area contributed by atoms with Crippen LogP contribution in [0, 0.1) is 11.3 Å². The van der Waals surface area contributed by atoms with Crippen LogP contribution in [0.3, 0.4) is 0 Å². The number of esters is 1. The minimum Gasteiger partial charge on any atom is -0.466 e. The second kappa shape index (κ2) is 8.19. The van der Waals surface area contributed by atoms with Crippen LogP contribution in [0.1, 0.15) is 43.2 Å². The molecule has 5 nitrogen and oxygen atoms in total. The number of ether oxygens (including phenoxy) is 2. The number of halogens is 1. The standard InChI is InChI=1S/C17H21ClN2O3/c1-2-22-16(21)4-3-12-7-13(9-15(18)17(12)20)11-5-6-23-14(8-11)10-19/h7,9,11,14H,2-6,8,20H2,1H3. The van der Waals surface area contributed by atoms with Crippen LogP contribution >= 0.6 is 11.6 Å². The number of aryl methyl sites for hydroxylation is 1. The van der Waals surface area contributed by atoms with Crippen molar-refractivity contribution in [1.82, 2.24) is 0 Å². The Labute approximate surface area is 141 Å². The van der Waals surface area contributed by atoms with Gasteiger partial charge in [0.05, 0.1) is 23.4 Å². The first kappa shape index (κ1) is 17.6. The lowest BCUT2D eigenvalue weighted by Gasteiger charge is -2.26. The molecule has 1 heterocycles. The lowest BCUT2D eigenvalue weighted by Crippen LogP contribution is -2.23. The zero-order valence-electron chi connectivity index (χ0n) is 13.2. The van der Waals surface area contributed by atoms with E-state index in [2.05, 4.69) is 6.07 Å². The van der Waals surface area contributed by atoms with Crippen LogP contribution in [0.2, 0.25) is 5.02 Å². The van der Waals surface area contributed by atoms with Crippen molar-refractivity contribution in [3.05, 3.63) is 28.3 Å². The summed E-state index contributed by atoms with van der Waals surface area (Å²) in [5, 5.41) is 9.52. The summed E-state index contributed by atoms with van der Waals surface area (Å²) in [5.74, 6) is -0.0307. The molecule has 0 saturated carbocycles. The Morgan fingerprint density at radius 2 is 2.35 bits per heavy atom. The minimum atomic E-state index is -0.381. The smallest absolute Gasteiger partial charge is 0.306 e. The van der Waals surface area contributed by atoms with Crippen LogP contribution in [0.25, 0.3) is 0 Å². The number of hydrogen-bond acceptors (Lipinski definition) is 5. The lowest BCUT2D eigenvalue weighted by molar-refractivity contribution is -0.143. The molecule has 0 aromatic heterocycles. The molecular formula is C17H21ClN2O3. The molecule has 0 amide bonds. The summed E-state index contributed by atoms with van der Waals surface area (Å²) in [7, 11) is 0. The van der Waals surface area contributed by atoms with E-state index in [9.17, 15) is 4.79 Å². The third kappa shape index (κ3) is 4.60. The first-order valence-electron chi connectivity index (χ1n) is 7.79. The second-order valence-electron chi connectivity index (χ2n) is 5.59. The van der Waals surface area contributed by atoms with Gasteiger partial charge in [-0.1, -0.05) is 17.7 Å². The van der Waals surface area contributed by atoms with Crippen molar-refractivity contribution in [3.63, 3.8) is 0 Å². The average Bonchev–Trinajstić information content (AvgIpc) is 2.56. The van der Waals surface area contributed by atoms with E-state index in [1.54, 1.807) is 6.92 Å². The number of carbonyl (C=O) groups is 1. The van der Waals surface area contributed by atoms with Gasteiger partial charge in [-0.3, -0.25) is 4.79 Å². The topological polar surface area (TPSA) is 85.3 Å². The molecule has 0 spiro atoms. The van der Waals surface area contributed by atoms with Crippen molar-refractivity contribution in [3.8, 4) is 6.07 Å². The zero-order valence-corrected chi connectivity index (χ0v) is 13.9. The summed E-state index contributed by atoms with van der Waals surface area (Å²) in [5.41, 5.74) is 8.43. The fourth-order valence-corrected chi connectivity index (χ4v) is 3.05. The summed E-state index contributed by atoms with van der Waals surface area (Å²) >= 11 is 6.25. The SMILES string of the molecule is CCOC(=O)CCc1cc(C2CCOC(C#N)C2)cc(Cl)c1N. The van der Waals surface area contributed by atoms with Gasteiger partial charge >= 0.3 is 5.97 Å². The summed E-state index contributed by atoms with van der Waals surface area (Å²) in [4.78, 5) is 11.5. The Balaban J connectivity index is 2.15. The van der Waals surface area contributed by atoms with E-state index in [0.717, 1.165) is 17.5 Å². The predicted octanol–water partition coefficient (Wildman–Crippen LogP) is 3.20. The van der Waals surface area contributed by atoms with Gasteiger partial charge < -0.3 is 15.2 Å². The Hall–Kier alpha value is -1.77. The molecule has 0 bridgehead atoms. The van der Waals surface area contributed by atoms with Gasteiger partial charge in [0, 0.05) is 13.0 Å². The molecule has 1 aliphatic heterocycles. The van der Waals surface area contributed by atoms with Crippen LogP contribution < -0.4 is 5.73 Å². The van der Waals surface area contributed by atoms with Crippen LogP contribution in [0.5, 0.6) is 0 Å². The molecule has 1 fully saturated rings. The normalized spacial score (nSPS) is 20.7. The molecule has 2 atom stereocenters. The quantitative estimate of drug-likeness (QED) is 0.659. The molecule has 1 aliphatic rings. The van der Waals surface area contributed by atoms with E-state index in [-0.39, 0.29) is 24.4 Å². The fraction of sp³-hybridized carbons (Fsp3) is 0.529. The van der Waals surface area contributed by atoms with Gasteiger partial charge in [-0.15, -0.1) is 0 Å². The van der Waals surface area contributed by atoms with Gasteiger partial charge in [-0.2, -0.15) is 5.26 Å². The molecule has 1 aromatic rings. The molecule has 0 radical (unpaired) electrons. The van der Waals surface area contributed by atoms with Gasteiger partial charge in [0.25, 0.3) is 0 Å². The van der Waals surface area contributed by atoms with Crippen molar-refractivity contribution >= 4 is 23.3 Å². The van der Waals surface area contributed by atoms with E-state index < -0.39 is 0 Å². The first-order valence-corrected chi connectivity index (χ1v) is 8.17. The average molecular weight is 337 g/mol. The second-order valence-corrected chi connectivity index (χ2v) is 6.00. The van der Waals surface area contributed by atoms with Gasteiger partial charge in [0.15, 0.2) is 0 Å². The maximum atomic E-state index is 11.5. The van der Waals surface area contributed by atoms with Crippen LogP contribution in [0.15, 0.2) is 12.1 Å². The number of carbonyl (C=O) groups excluding carboxylic acids is 1. The molecule has 1 aromatic carbocycles. The highest BCUT2D eigenvalue weighted by atomic mass is 35.5. The largest absolute Gasteiger partial charge is 0.466 e. The molecule has 2 unspecified atom stereocenters. The van der Waals surface area contributed by atoms with E-state index in [1.165, 1.54) is 0 Å². The maximum absolute atomic E-state index is 11.5. The number of benzene rings is 1. The van der Waals surface area contributed by atoms with Gasteiger partial charge in [-0.25, -0.2) is 0 Å². The van der Waals surface area contributed by atoms with Crippen molar-refractivity contribution in [2.45, 2.75) is 44.6 Å². The summed E-state index contributed by atoms with van der Waals surface area (Å²) in [6.45, 7) is 2.70. The van der Waals surface area contributed by atoms with Crippen molar-refractivity contribution in [2.24, 2.45) is 0 Å². The monoisotopic (exact) mass is 336 g/mol. The molecule has 124 valence electrons. The molecule has 1 saturated heterocycles. The Morgan fingerprint density at radius 1 is 1.57 bits per heavy atom. The fourth-order valence-electron chi connectivity index (χ4n) is 2.80. The molecular weight excluding hydrogens is 316 g/mol. The Kier molecular flexibility index (Phi) is 6.26. The van der Waals surface area contributed by atoms with Crippen LogP contribution in [0.4, 0.5) is 5.69 Å². The molecule has 23 heavy (non-hydrogen) atoms. The highest BCUT2D eigenvalue weighted by Crippen LogP contribution is 2.35. The number of hydrogen-bond donors (Lipinski definition) is 1. The van der Waals surface area contributed by atoms with E-state index in [4.69, 9.17) is 32.1 Å². The Morgan fingerprint density at radius 3 is 3.04 bits per heavy atom.